The van der Waals surface area contributed by atoms with Gasteiger partial charge in [0.15, 0.2) is 11.6 Å². The Hall–Kier alpha value is -3.59. The maximum atomic E-state index is 13.7. The number of thiophene rings is 1. The molecule has 4 heterocycles. The van der Waals surface area contributed by atoms with Crippen molar-refractivity contribution in [2.75, 3.05) is 12.4 Å². The van der Waals surface area contributed by atoms with E-state index in [-0.39, 0.29) is 4.88 Å². The van der Waals surface area contributed by atoms with Crippen LogP contribution in [0.15, 0.2) is 59.8 Å². The number of rotatable bonds is 5. The number of aromatic nitrogens is 2. The molecule has 0 aliphatic heterocycles. The predicted molar refractivity (Wildman–Crippen MR) is 104 cm³/mol. The number of hydrogen-bond acceptors (Lipinski definition) is 6. The monoisotopic (exact) mass is 413 g/mol. The van der Waals surface area contributed by atoms with Crippen LogP contribution in [-0.4, -0.2) is 23.0 Å². The van der Waals surface area contributed by atoms with Crippen molar-refractivity contribution in [1.82, 2.24) is 9.97 Å². The average Bonchev–Trinajstić information content (AvgIpc) is 3.42. The van der Waals surface area contributed by atoms with Gasteiger partial charge >= 0.3 is 0 Å². The molecule has 0 fully saturated rings. The molecule has 6 nitrogen and oxygen atoms in total. The second kappa shape index (κ2) is 7.80. The van der Waals surface area contributed by atoms with Crippen LogP contribution < -0.4 is 10.1 Å². The minimum Gasteiger partial charge on any atom is -0.481 e. The number of carbonyl (C=O) groups excluding carboxylic acids is 1. The highest BCUT2D eigenvalue weighted by molar-refractivity contribution is 7.17. The highest BCUT2D eigenvalue weighted by Crippen LogP contribution is 2.36. The fourth-order valence-electron chi connectivity index (χ4n) is 2.69. The summed E-state index contributed by atoms with van der Waals surface area (Å²) < 4.78 is 37.9. The van der Waals surface area contributed by atoms with E-state index in [1.54, 1.807) is 36.9 Å². The molecule has 4 aromatic heterocycles. The van der Waals surface area contributed by atoms with Crippen LogP contribution in [0.5, 0.6) is 5.88 Å². The molecular weight excluding hydrogens is 400 g/mol. The Balaban J connectivity index is 1.65. The number of furan rings is 1. The molecule has 0 bridgehead atoms. The quantitative estimate of drug-likeness (QED) is 0.498. The number of ether oxygens (including phenoxy) is 1. The van der Waals surface area contributed by atoms with E-state index in [0.717, 1.165) is 34.9 Å². The molecule has 0 atom stereocenters. The van der Waals surface area contributed by atoms with Gasteiger partial charge < -0.3 is 14.5 Å². The Bertz CT molecular complexity index is 1160. The molecule has 0 spiro atoms. The molecule has 0 saturated heterocycles. The normalized spacial score (nSPS) is 10.7. The van der Waals surface area contributed by atoms with Crippen molar-refractivity contribution >= 4 is 22.9 Å². The maximum absolute atomic E-state index is 13.7. The van der Waals surface area contributed by atoms with Crippen molar-refractivity contribution in [3.63, 3.8) is 0 Å². The van der Waals surface area contributed by atoms with Gasteiger partial charge in [0, 0.05) is 22.2 Å². The van der Waals surface area contributed by atoms with E-state index in [1.165, 1.54) is 7.11 Å². The van der Waals surface area contributed by atoms with E-state index in [9.17, 15) is 13.6 Å². The standard InChI is InChI=1S/C20H13F2N3O3S/c1-27-20-13(6-12(7-24-20)11-4-5-28-10-11)16-2-3-17(29-16)19(26)25-18-14(21)8-23-9-15(18)22/h2-10H,1H3,(H,23,25,26). The highest BCUT2D eigenvalue weighted by atomic mass is 32.1. The summed E-state index contributed by atoms with van der Waals surface area (Å²) >= 11 is 1.14. The Kier molecular flexibility index (Phi) is 5.05. The van der Waals surface area contributed by atoms with Crippen molar-refractivity contribution in [1.29, 1.82) is 0 Å². The predicted octanol–water partition coefficient (Wildman–Crippen LogP) is 5.00. The molecule has 29 heavy (non-hydrogen) atoms. The van der Waals surface area contributed by atoms with Crippen molar-refractivity contribution in [3.8, 4) is 27.4 Å². The van der Waals surface area contributed by atoms with Crippen molar-refractivity contribution < 1.29 is 22.7 Å². The van der Waals surface area contributed by atoms with E-state index < -0.39 is 23.2 Å². The second-order valence-corrected chi connectivity index (χ2v) is 6.97. The number of carbonyl (C=O) groups is 1. The number of hydrogen-bond donors (Lipinski definition) is 1. The first-order valence-electron chi connectivity index (χ1n) is 8.34. The van der Waals surface area contributed by atoms with Crippen LogP contribution in [0.2, 0.25) is 0 Å². The first-order chi connectivity index (χ1) is 14.1. The van der Waals surface area contributed by atoms with Gasteiger partial charge in [0.2, 0.25) is 5.88 Å². The van der Waals surface area contributed by atoms with Crippen LogP contribution in [0.1, 0.15) is 9.67 Å². The van der Waals surface area contributed by atoms with Gasteiger partial charge in [0.25, 0.3) is 5.91 Å². The first kappa shape index (κ1) is 18.8. The van der Waals surface area contributed by atoms with Crippen LogP contribution in [0.4, 0.5) is 14.5 Å². The van der Waals surface area contributed by atoms with E-state index in [0.29, 0.717) is 16.3 Å². The maximum Gasteiger partial charge on any atom is 0.265 e. The van der Waals surface area contributed by atoms with Crippen LogP contribution >= 0.6 is 11.3 Å². The van der Waals surface area contributed by atoms with Gasteiger partial charge in [-0.2, -0.15) is 0 Å². The first-order valence-corrected chi connectivity index (χ1v) is 9.15. The number of halogens is 2. The van der Waals surface area contributed by atoms with Crippen molar-refractivity contribution in [3.05, 3.63) is 71.9 Å². The Morgan fingerprint density at radius 3 is 2.62 bits per heavy atom. The van der Waals surface area contributed by atoms with Crippen LogP contribution in [0.3, 0.4) is 0 Å². The zero-order valence-corrected chi connectivity index (χ0v) is 15.8. The van der Waals surface area contributed by atoms with Gasteiger partial charge in [-0.25, -0.2) is 13.8 Å². The molecule has 0 radical (unpaired) electrons. The number of anilines is 1. The van der Waals surface area contributed by atoms with Crippen LogP contribution in [0, 0.1) is 11.6 Å². The molecule has 0 unspecified atom stereocenters. The van der Waals surface area contributed by atoms with Crippen LogP contribution in [-0.2, 0) is 0 Å². The Labute approximate surface area is 167 Å². The zero-order valence-electron chi connectivity index (χ0n) is 15.0. The molecule has 4 aromatic rings. The van der Waals surface area contributed by atoms with Gasteiger partial charge in [-0.3, -0.25) is 9.78 Å². The molecule has 0 aliphatic carbocycles. The molecule has 9 heteroatoms. The number of methoxy groups -OCH3 is 1. The van der Waals surface area contributed by atoms with E-state index in [1.807, 2.05) is 6.07 Å². The molecule has 4 rings (SSSR count). The number of nitrogens with zero attached hydrogens (tertiary/aromatic N) is 2. The van der Waals surface area contributed by atoms with Gasteiger partial charge in [0.05, 0.1) is 42.5 Å². The summed E-state index contributed by atoms with van der Waals surface area (Å²) in [5, 5.41) is 2.24. The van der Waals surface area contributed by atoms with E-state index in [4.69, 9.17) is 9.15 Å². The Morgan fingerprint density at radius 2 is 1.93 bits per heavy atom. The van der Waals surface area contributed by atoms with E-state index in [2.05, 4.69) is 15.3 Å². The molecule has 0 saturated carbocycles. The molecular formula is C20H13F2N3O3S. The summed E-state index contributed by atoms with van der Waals surface area (Å²) in [6.45, 7) is 0. The van der Waals surface area contributed by atoms with Gasteiger partial charge in [-0.15, -0.1) is 11.3 Å². The third-order valence-corrected chi connectivity index (χ3v) is 5.20. The number of amides is 1. The lowest BCUT2D eigenvalue weighted by molar-refractivity contribution is 0.102. The summed E-state index contributed by atoms with van der Waals surface area (Å²) in [6.07, 6.45) is 6.47. The van der Waals surface area contributed by atoms with Crippen LogP contribution in [0.25, 0.3) is 21.6 Å². The lowest BCUT2D eigenvalue weighted by Gasteiger charge is -2.08. The molecule has 1 amide bonds. The smallest absolute Gasteiger partial charge is 0.265 e. The van der Waals surface area contributed by atoms with Gasteiger partial charge in [-0.1, -0.05) is 0 Å². The van der Waals surface area contributed by atoms with Crippen molar-refractivity contribution in [2.45, 2.75) is 0 Å². The lowest BCUT2D eigenvalue weighted by atomic mass is 10.1. The van der Waals surface area contributed by atoms with E-state index >= 15 is 0 Å². The summed E-state index contributed by atoms with van der Waals surface area (Å²) in [6, 6.07) is 6.96. The largest absolute Gasteiger partial charge is 0.481 e. The minimum absolute atomic E-state index is 0.270. The van der Waals surface area contributed by atoms with Crippen molar-refractivity contribution in [2.24, 2.45) is 0 Å². The number of pyridine rings is 2. The number of nitrogens with one attached hydrogen (secondary N) is 1. The fourth-order valence-corrected chi connectivity index (χ4v) is 3.60. The van der Waals surface area contributed by atoms with Gasteiger partial charge in [0.1, 0.15) is 5.69 Å². The third-order valence-electron chi connectivity index (χ3n) is 4.09. The topological polar surface area (TPSA) is 77.2 Å². The average molecular weight is 413 g/mol. The summed E-state index contributed by atoms with van der Waals surface area (Å²) in [5.74, 6) is -2.15. The molecule has 0 aromatic carbocycles. The molecule has 146 valence electrons. The summed E-state index contributed by atoms with van der Waals surface area (Å²) in [5.41, 5.74) is 1.80. The zero-order chi connectivity index (χ0) is 20.4. The minimum atomic E-state index is -0.950. The fraction of sp³-hybridized carbons (Fsp3) is 0.0500. The molecule has 0 aliphatic rings. The summed E-state index contributed by atoms with van der Waals surface area (Å²) in [7, 11) is 1.50. The molecule has 1 N–H and O–H groups in total. The second-order valence-electron chi connectivity index (χ2n) is 5.89. The third kappa shape index (κ3) is 3.72. The SMILES string of the molecule is COc1ncc(-c2ccoc2)cc1-c1ccc(C(=O)Nc2c(F)cncc2F)s1. The van der Waals surface area contributed by atoms with Gasteiger partial charge in [-0.05, 0) is 24.3 Å². The lowest BCUT2D eigenvalue weighted by Crippen LogP contribution is -2.13. The Morgan fingerprint density at radius 1 is 1.14 bits per heavy atom. The highest BCUT2D eigenvalue weighted by Gasteiger charge is 2.18. The summed E-state index contributed by atoms with van der Waals surface area (Å²) in [4.78, 5) is 21.1.